The molecule has 27 heavy (non-hydrogen) atoms. The van der Waals surface area contributed by atoms with Crippen molar-refractivity contribution in [1.29, 1.82) is 0 Å². The molecule has 1 aromatic carbocycles. The van der Waals surface area contributed by atoms with Crippen molar-refractivity contribution in [2.45, 2.75) is 33.6 Å². The van der Waals surface area contributed by atoms with Gasteiger partial charge in [0.2, 0.25) is 0 Å². The Morgan fingerprint density at radius 1 is 1.22 bits per heavy atom. The molecule has 0 aliphatic heterocycles. The molecule has 2 aromatic rings. The molecular weight excluding hydrogens is 332 g/mol. The molecule has 1 heterocycles. The fourth-order valence-electron chi connectivity index (χ4n) is 2.63. The van der Waals surface area contributed by atoms with Gasteiger partial charge >= 0.3 is 0 Å². The summed E-state index contributed by atoms with van der Waals surface area (Å²) in [5.74, 6) is 0.376. The second-order valence-electron chi connectivity index (χ2n) is 6.59. The third-order valence-corrected chi connectivity index (χ3v) is 4.13. The normalized spacial score (nSPS) is 11.7. The van der Waals surface area contributed by atoms with E-state index in [1.54, 1.807) is 6.20 Å². The number of nitrogens with zero attached hydrogens (tertiary/aromatic N) is 2. The molecule has 2 N–H and O–H groups in total. The lowest BCUT2D eigenvalue weighted by atomic mass is 10.0. The van der Waals surface area contributed by atoms with Crippen molar-refractivity contribution < 1.29 is 0 Å². The first kappa shape index (κ1) is 20.2. The molecule has 0 aliphatic rings. The average Bonchev–Trinajstić information content (AvgIpc) is 2.66. The fraction of sp³-hybridized carbons (Fsp3) is 0.217. The Bertz CT molecular complexity index is 876. The molecule has 0 saturated heterocycles. The van der Waals surface area contributed by atoms with Gasteiger partial charge in [-0.25, -0.2) is 0 Å². The molecule has 0 radical (unpaired) electrons. The van der Waals surface area contributed by atoms with Crippen molar-refractivity contribution in [2.24, 2.45) is 5.10 Å². The van der Waals surface area contributed by atoms with E-state index in [1.165, 1.54) is 0 Å². The van der Waals surface area contributed by atoms with Crippen LogP contribution in [0.3, 0.4) is 0 Å². The van der Waals surface area contributed by atoms with Crippen LogP contribution < -0.4 is 10.7 Å². The number of rotatable bonds is 8. The zero-order valence-electron chi connectivity index (χ0n) is 16.6. The van der Waals surface area contributed by atoms with Crippen molar-refractivity contribution in [3.05, 3.63) is 90.4 Å². The van der Waals surface area contributed by atoms with E-state index in [4.69, 9.17) is 0 Å². The molecule has 4 nitrogen and oxygen atoms in total. The van der Waals surface area contributed by atoms with E-state index in [-0.39, 0.29) is 0 Å². The van der Waals surface area contributed by atoms with E-state index >= 15 is 0 Å². The molecule has 4 heteroatoms. The topological polar surface area (TPSA) is 49.3 Å². The van der Waals surface area contributed by atoms with E-state index in [0.29, 0.717) is 5.92 Å². The van der Waals surface area contributed by atoms with Gasteiger partial charge in [-0.05, 0) is 55.7 Å². The maximum absolute atomic E-state index is 4.42. The van der Waals surface area contributed by atoms with E-state index in [9.17, 15) is 0 Å². The minimum Gasteiger partial charge on any atom is -0.356 e. The predicted molar refractivity (Wildman–Crippen MR) is 117 cm³/mol. The summed E-state index contributed by atoms with van der Waals surface area (Å²) in [6, 6.07) is 10.2. The van der Waals surface area contributed by atoms with Crippen LogP contribution in [0.25, 0.3) is 5.70 Å². The number of aryl methyl sites for hydroxylation is 1. The van der Waals surface area contributed by atoms with Gasteiger partial charge in [-0.2, -0.15) is 5.10 Å². The lowest BCUT2D eigenvalue weighted by Crippen LogP contribution is -2.07. The number of hydrogen-bond acceptors (Lipinski definition) is 4. The summed E-state index contributed by atoms with van der Waals surface area (Å²) in [5.41, 5.74) is 9.72. The number of anilines is 1. The van der Waals surface area contributed by atoms with Crippen molar-refractivity contribution in [3.63, 3.8) is 0 Å². The van der Waals surface area contributed by atoms with Gasteiger partial charge < -0.3 is 5.32 Å². The monoisotopic (exact) mass is 360 g/mol. The first-order chi connectivity index (χ1) is 13.0. The Labute approximate surface area is 162 Å². The highest BCUT2D eigenvalue weighted by Gasteiger charge is 2.08. The third kappa shape index (κ3) is 5.42. The van der Waals surface area contributed by atoms with Gasteiger partial charge in [0.25, 0.3) is 0 Å². The number of aromatic nitrogens is 1. The summed E-state index contributed by atoms with van der Waals surface area (Å²) in [6.45, 7) is 16.1. The maximum Gasteiger partial charge on any atom is 0.0905 e. The SMILES string of the molecule is C=CN/N=C(\C=C/C)c1cc(NC(=C)c2ccnc(C(C)C)c2)ccc1C. The molecule has 1 aromatic heterocycles. The van der Waals surface area contributed by atoms with Crippen LogP contribution in [0.5, 0.6) is 0 Å². The number of benzene rings is 1. The van der Waals surface area contributed by atoms with Crippen molar-refractivity contribution >= 4 is 17.1 Å². The smallest absolute Gasteiger partial charge is 0.0905 e. The van der Waals surface area contributed by atoms with E-state index in [0.717, 1.165) is 39.5 Å². The maximum atomic E-state index is 4.42. The summed E-state index contributed by atoms with van der Waals surface area (Å²) in [6.07, 6.45) is 7.32. The van der Waals surface area contributed by atoms with Crippen LogP contribution in [0.15, 0.2) is 73.1 Å². The highest BCUT2D eigenvalue weighted by Crippen LogP contribution is 2.23. The molecule has 2 rings (SSSR count). The molecular formula is C23H28N4. The van der Waals surface area contributed by atoms with Crippen LogP contribution >= 0.6 is 0 Å². The second kappa shape index (κ2) is 9.53. The van der Waals surface area contributed by atoms with E-state index < -0.39 is 0 Å². The highest BCUT2D eigenvalue weighted by atomic mass is 15.3. The van der Waals surface area contributed by atoms with Gasteiger partial charge in [-0.3, -0.25) is 10.4 Å². The largest absolute Gasteiger partial charge is 0.356 e. The number of hydrazone groups is 1. The lowest BCUT2D eigenvalue weighted by molar-refractivity contribution is 0.822. The highest BCUT2D eigenvalue weighted by molar-refractivity contribution is 6.10. The predicted octanol–water partition coefficient (Wildman–Crippen LogP) is 5.61. The Morgan fingerprint density at radius 3 is 2.67 bits per heavy atom. The Morgan fingerprint density at radius 2 is 2.00 bits per heavy atom. The molecule has 0 unspecified atom stereocenters. The summed E-state index contributed by atoms with van der Waals surface area (Å²) >= 11 is 0. The number of allylic oxidation sites excluding steroid dienone is 2. The zero-order valence-corrected chi connectivity index (χ0v) is 16.6. The lowest BCUT2D eigenvalue weighted by Gasteiger charge is -2.14. The van der Waals surface area contributed by atoms with Crippen LogP contribution in [-0.2, 0) is 0 Å². The first-order valence-electron chi connectivity index (χ1n) is 9.06. The quantitative estimate of drug-likeness (QED) is 0.475. The molecule has 0 saturated carbocycles. The van der Waals surface area contributed by atoms with Crippen molar-refractivity contribution in [1.82, 2.24) is 10.4 Å². The molecule has 0 bridgehead atoms. The second-order valence-corrected chi connectivity index (χ2v) is 6.59. The summed E-state index contributed by atoms with van der Waals surface area (Å²) in [4.78, 5) is 4.42. The van der Waals surface area contributed by atoms with Gasteiger partial charge in [0.1, 0.15) is 0 Å². The minimum atomic E-state index is 0.376. The van der Waals surface area contributed by atoms with Crippen LogP contribution in [0, 0.1) is 6.92 Å². The van der Waals surface area contributed by atoms with Crippen LogP contribution in [0.4, 0.5) is 5.69 Å². The number of hydrogen-bond donors (Lipinski definition) is 2. The molecule has 0 spiro atoms. The van der Waals surface area contributed by atoms with Crippen molar-refractivity contribution in [3.8, 4) is 0 Å². The van der Waals surface area contributed by atoms with Crippen molar-refractivity contribution in [2.75, 3.05) is 5.32 Å². The molecule has 0 fully saturated rings. The average molecular weight is 361 g/mol. The standard InChI is InChI=1S/C23H28N4/c1-7-9-22(27-25-8-2)21-15-20(11-10-17(21)5)26-18(6)19-12-13-24-23(14-19)16(3)4/h7-16,25-26H,2,6H2,1,3-5H3/b9-7-,27-22+. The summed E-state index contributed by atoms with van der Waals surface area (Å²) in [5, 5.41) is 7.78. The fourth-order valence-corrected chi connectivity index (χ4v) is 2.63. The zero-order chi connectivity index (χ0) is 19.8. The van der Waals surface area contributed by atoms with Gasteiger partial charge in [-0.15, -0.1) is 0 Å². The van der Waals surface area contributed by atoms with Gasteiger partial charge in [-0.1, -0.05) is 39.1 Å². The van der Waals surface area contributed by atoms with E-state index in [2.05, 4.69) is 73.0 Å². The van der Waals surface area contributed by atoms with Gasteiger partial charge in [0.05, 0.1) is 5.71 Å². The summed E-state index contributed by atoms with van der Waals surface area (Å²) < 4.78 is 0. The van der Waals surface area contributed by atoms with E-state index in [1.807, 2.05) is 37.4 Å². The van der Waals surface area contributed by atoms with Crippen LogP contribution in [0.2, 0.25) is 0 Å². The van der Waals surface area contributed by atoms with Crippen LogP contribution in [0.1, 0.15) is 49.1 Å². The number of pyridine rings is 1. The van der Waals surface area contributed by atoms with Gasteiger partial charge in [0.15, 0.2) is 0 Å². The molecule has 0 atom stereocenters. The van der Waals surface area contributed by atoms with Gasteiger partial charge in [0, 0.05) is 40.6 Å². The molecule has 140 valence electrons. The Kier molecular flexibility index (Phi) is 7.12. The molecule has 0 aliphatic carbocycles. The third-order valence-electron chi connectivity index (χ3n) is 4.13. The summed E-state index contributed by atoms with van der Waals surface area (Å²) in [7, 11) is 0. The Hall–Kier alpha value is -3.14. The minimum absolute atomic E-state index is 0.376. The first-order valence-corrected chi connectivity index (χ1v) is 9.06. The Balaban J connectivity index is 2.31. The molecule has 0 amide bonds. The van der Waals surface area contributed by atoms with Crippen LogP contribution in [-0.4, -0.2) is 10.7 Å². The number of nitrogens with one attached hydrogen (secondary N) is 2.